The molecular formula is C23H22N4O3S. The standard InChI is InChI=1S/C23H22N4O3S/c1-16-6-2-4-8-18(16)27-22(26-10-12-29-13-11-26)24-25-23(27)31-15-19(28)21-14-17-7-3-5-9-20(17)30-21/h2-9,14H,10-13,15H2,1H3. The number of hydrogen-bond donors (Lipinski definition) is 0. The predicted octanol–water partition coefficient (Wildman–Crippen LogP) is 4.13. The maximum absolute atomic E-state index is 12.8. The van der Waals surface area contributed by atoms with Gasteiger partial charge >= 0.3 is 0 Å². The van der Waals surface area contributed by atoms with E-state index in [4.69, 9.17) is 9.15 Å². The number of ketones is 1. The van der Waals surface area contributed by atoms with Crippen LogP contribution in [0.15, 0.2) is 64.2 Å². The molecule has 1 saturated heterocycles. The Balaban J connectivity index is 1.43. The van der Waals surface area contributed by atoms with Crippen LogP contribution >= 0.6 is 11.8 Å². The molecule has 8 heteroatoms. The van der Waals surface area contributed by atoms with E-state index in [1.165, 1.54) is 11.8 Å². The Morgan fingerprint density at radius 2 is 1.84 bits per heavy atom. The molecule has 0 atom stereocenters. The lowest BCUT2D eigenvalue weighted by atomic mass is 10.2. The molecule has 0 amide bonds. The molecule has 2 aromatic heterocycles. The van der Waals surface area contributed by atoms with E-state index in [2.05, 4.69) is 28.1 Å². The summed E-state index contributed by atoms with van der Waals surface area (Å²) in [4.78, 5) is 15.0. The molecule has 31 heavy (non-hydrogen) atoms. The van der Waals surface area contributed by atoms with Crippen molar-refractivity contribution in [2.75, 3.05) is 37.0 Å². The van der Waals surface area contributed by atoms with Crippen molar-refractivity contribution in [3.63, 3.8) is 0 Å². The second kappa shape index (κ2) is 8.56. The number of Topliss-reactive ketones (excluding diaryl/α,β-unsaturated/α-hetero) is 1. The number of ether oxygens (including phenoxy) is 1. The minimum Gasteiger partial charge on any atom is -0.453 e. The van der Waals surface area contributed by atoms with Crippen LogP contribution in [0, 0.1) is 6.92 Å². The van der Waals surface area contributed by atoms with Crippen molar-refractivity contribution in [3.8, 4) is 5.69 Å². The average molecular weight is 435 g/mol. The number of nitrogens with zero attached hydrogens (tertiary/aromatic N) is 4. The molecule has 0 bridgehead atoms. The van der Waals surface area contributed by atoms with Gasteiger partial charge in [0.15, 0.2) is 10.9 Å². The first-order chi connectivity index (χ1) is 15.2. The molecule has 2 aromatic carbocycles. The van der Waals surface area contributed by atoms with Gasteiger partial charge in [-0.2, -0.15) is 0 Å². The van der Waals surface area contributed by atoms with E-state index in [1.807, 2.05) is 47.0 Å². The lowest BCUT2D eigenvalue weighted by Crippen LogP contribution is -2.38. The van der Waals surface area contributed by atoms with Crippen molar-refractivity contribution in [2.24, 2.45) is 0 Å². The summed E-state index contributed by atoms with van der Waals surface area (Å²) in [6.07, 6.45) is 0. The first-order valence-corrected chi connectivity index (χ1v) is 11.2. The Hall–Kier alpha value is -3.10. The van der Waals surface area contributed by atoms with E-state index in [-0.39, 0.29) is 11.5 Å². The molecular weight excluding hydrogens is 412 g/mol. The third-order valence-corrected chi connectivity index (χ3v) is 6.23. The third kappa shape index (κ3) is 3.96. The van der Waals surface area contributed by atoms with E-state index < -0.39 is 0 Å². The summed E-state index contributed by atoms with van der Waals surface area (Å²) in [5.41, 5.74) is 2.84. The maximum Gasteiger partial charge on any atom is 0.232 e. The van der Waals surface area contributed by atoms with E-state index in [0.717, 1.165) is 35.7 Å². The van der Waals surface area contributed by atoms with Crippen molar-refractivity contribution in [1.29, 1.82) is 0 Å². The van der Waals surface area contributed by atoms with Crippen molar-refractivity contribution in [3.05, 3.63) is 65.9 Å². The van der Waals surface area contributed by atoms with Gasteiger partial charge in [0.1, 0.15) is 5.58 Å². The van der Waals surface area contributed by atoms with Gasteiger partial charge in [-0.15, -0.1) is 10.2 Å². The predicted molar refractivity (Wildman–Crippen MR) is 120 cm³/mol. The maximum atomic E-state index is 12.8. The van der Waals surface area contributed by atoms with Crippen LogP contribution in [-0.2, 0) is 4.74 Å². The number of hydrogen-bond acceptors (Lipinski definition) is 7. The van der Waals surface area contributed by atoms with Crippen molar-refractivity contribution < 1.29 is 13.9 Å². The van der Waals surface area contributed by atoms with Crippen molar-refractivity contribution in [1.82, 2.24) is 14.8 Å². The number of thioether (sulfide) groups is 1. The summed E-state index contributed by atoms with van der Waals surface area (Å²) in [7, 11) is 0. The number of benzene rings is 2. The molecule has 1 fully saturated rings. The summed E-state index contributed by atoms with van der Waals surface area (Å²) in [5.74, 6) is 1.28. The average Bonchev–Trinajstić information content (AvgIpc) is 3.43. The number of anilines is 1. The molecule has 0 unspecified atom stereocenters. The number of aryl methyl sites for hydroxylation is 1. The van der Waals surface area contributed by atoms with Crippen LogP contribution < -0.4 is 4.90 Å². The number of carbonyl (C=O) groups excluding carboxylic acids is 1. The molecule has 0 spiro atoms. The Morgan fingerprint density at radius 1 is 1.06 bits per heavy atom. The second-order valence-corrected chi connectivity index (χ2v) is 8.31. The van der Waals surface area contributed by atoms with Gasteiger partial charge < -0.3 is 14.1 Å². The first-order valence-electron chi connectivity index (χ1n) is 10.2. The van der Waals surface area contributed by atoms with Crippen LogP contribution in [0.25, 0.3) is 16.7 Å². The van der Waals surface area contributed by atoms with Gasteiger partial charge in [-0.1, -0.05) is 48.2 Å². The van der Waals surface area contributed by atoms with Gasteiger partial charge in [0.2, 0.25) is 11.7 Å². The summed E-state index contributed by atoms with van der Waals surface area (Å²) in [6, 6.07) is 17.5. The molecule has 0 aliphatic carbocycles. The van der Waals surface area contributed by atoms with Crippen LogP contribution in [0.4, 0.5) is 5.95 Å². The smallest absolute Gasteiger partial charge is 0.232 e. The first kappa shape index (κ1) is 19.8. The van der Waals surface area contributed by atoms with Gasteiger partial charge in [-0.3, -0.25) is 9.36 Å². The van der Waals surface area contributed by atoms with E-state index in [9.17, 15) is 4.79 Å². The summed E-state index contributed by atoms with van der Waals surface area (Å²) in [5, 5.41) is 10.5. The Bertz CT molecular complexity index is 1190. The number of aromatic nitrogens is 3. The Morgan fingerprint density at radius 3 is 2.65 bits per heavy atom. The van der Waals surface area contributed by atoms with Gasteiger partial charge in [-0.05, 0) is 30.7 Å². The third-order valence-electron chi connectivity index (χ3n) is 5.30. The molecule has 1 aliphatic rings. The lowest BCUT2D eigenvalue weighted by Gasteiger charge is -2.28. The fourth-order valence-corrected chi connectivity index (χ4v) is 4.48. The number of fused-ring (bicyclic) bond motifs is 1. The van der Waals surface area contributed by atoms with Crippen LogP contribution in [0.3, 0.4) is 0 Å². The monoisotopic (exact) mass is 434 g/mol. The normalized spacial score (nSPS) is 14.3. The summed E-state index contributed by atoms with van der Waals surface area (Å²) < 4.78 is 13.3. The fourth-order valence-electron chi connectivity index (χ4n) is 3.67. The van der Waals surface area contributed by atoms with Gasteiger partial charge in [0.05, 0.1) is 24.7 Å². The molecule has 0 saturated carbocycles. The molecule has 3 heterocycles. The number of furan rings is 1. The summed E-state index contributed by atoms with van der Waals surface area (Å²) in [6.45, 7) is 4.90. The van der Waals surface area contributed by atoms with Gasteiger partial charge in [0, 0.05) is 18.5 Å². The highest BCUT2D eigenvalue weighted by molar-refractivity contribution is 7.99. The minimum absolute atomic E-state index is 0.0755. The highest BCUT2D eigenvalue weighted by Gasteiger charge is 2.23. The minimum atomic E-state index is -0.0755. The molecule has 5 rings (SSSR count). The topological polar surface area (TPSA) is 73.4 Å². The zero-order chi connectivity index (χ0) is 21.2. The van der Waals surface area contributed by atoms with Gasteiger partial charge in [-0.25, -0.2) is 0 Å². The van der Waals surface area contributed by atoms with Crippen LogP contribution in [0.2, 0.25) is 0 Å². The lowest BCUT2D eigenvalue weighted by molar-refractivity contribution is 0.0994. The van der Waals surface area contributed by atoms with Gasteiger partial charge in [0.25, 0.3) is 0 Å². The SMILES string of the molecule is Cc1ccccc1-n1c(SCC(=O)c2cc3ccccc3o2)nnc1N1CCOCC1. The largest absolute Gasteiger partial charge is 0.453 e. The number of morpholine rings is 1. The Kier molecular flexibility index (Phi) is 5.48. The van der Waals surface area contributed by atoms with Crippen LogP contribution in [-0.4, -0.2) is 52.6 Å². The number of carbonyl (C=O) groups is 1. The second-order valence-electron chi connectivity index (χ2n) is 7.36. The molecule has 158 valence electrons. The number of para-hydroxylation sites is 2. The molecule has 0 N–H and O–H groups in total. The van der Waals surface area contributed by atoms with E-state index in [0.29, 0.717) is 29.7 Å². The zero-order valence-corrected chi connectivity index (χ0v) is 18.0. The quantitative estimate of drug-likeness (QED) is 0.334. The molecule has 4 aromatic rings. The number of rotatable bonds is 6. The van der Waals surface area contributed by atoms with Crippen molar-refractivity contribution >= 4 is 34.5 Å². The van der Waals surface area contributed by atoms with E-state index in [1.54, 1.807) is 6.07 Å². The molecule has 7 nitrogen and oxygen atoms in total. The highest BCUT2D eigenvalue weighted by atomic mass is 32.2. The Labute approximate surface area is 184 Å². The molecule has 0 radical (unpaired) electrons. The highest BCUT2D eigenvalue weighted by Crippen LogP contribution is 2.29. The van der Waals surface area contributed by atoms with Crippen molar-refractivity contribution in [2.45, 2.75) is 12.1 Å². The zero-order valence-electron chi connectivity index (χ0n) is 17.2. The van der Waals surface area contributed by atoms with Crippen LogP contribution in [0.5, 0.6) is 0 Å². The molecule has 1 aliphatic heterocycles. The van der Waals surface area contributed by atoms with E-state index >= 15 is 0 Å². The van der Waals surface area contributed by atoms with Crippen LogP contribution in [0.1, 0.15) is 16.1 Å². The summed E-state index contributed by atoms with van der Waals surface area (Å²) >= 11 is 1.37. The fraction of sp³-hybridized carbons (Fsp3) is 0.261.